The number of carbonyl (C=O) groups excluding carboxylic acids is 1. The van der Waals surface area contributed by atoms with Crippen molar-refractivity contribution in [2.24, 2.45) is 0 Å². The van der Waals surface area contributed by atoms with Crippen LogP contribution < -0.4 is 11.1 Å². The lowest BCUT2D eigenvalue weighted by Gasteiger charge is -2.13. The van der Waals surface area contributed by atoms with Gasteiger partial charge in [-0.25, -0.2) is 0 Å². The first kappa shape index (κ1) is 14.5. The summed E-state index contributed by atoms with van der Waals surface area (Å²) in [5.74, 6) is 0.0443. The van der Waals surface area contributed by atoms with Gasteiger partial charge in [0.25, 0.3) is 0 Å². The maximum atomic E-state index is 11.7. The molecular formula is C14H22N2O2. The fourth-order valence-electron chi connectivity index (χ4n) is 1.82. The first-order valence-corrected chi connectivity index (χ1v) is 6.36. The summed E-state index contributed by atoms with van der Waals surface area (Å²) in [6, 6.07) is 7.71. The molecule has 0 aliphatic rings. The molecule has 1 amide bonds. The van der Waals surface area contributed by atoms with Gasteiger partial charge in [0.2, 0.25) is 5.91 Å². The molecule has 0 aromatic heterocycles. The van der Waals surface area contributed by atoms with Crippen molar-refractivity contribution < 1.29 is 9.90 Å². The van der Waals surface area contributed by atoms with Crippen molar-refractivity contribution in [1.82, 2.24) is 5.32 Å². The molecule has 0 heterocycles. The predicted octanol–water partition coefficient (Wildman–Crippen LogP) is 1.48. The number of hydrogen-bond donors (Lipinski definition) is 3. The highest BCUT2D eigenvalue weighted by Crippen LogP contribution is 2.08. The molecule has 0 aliphatic carbocycles. The van der Waals surface area contributed by atoms with E-state index in [9.17, 15) is 4.79 Å². The largest absolute Gasteiger partial charge is 0.399 e. The van der Waals surface area contributed by atoms with Crippen LogP contribution in [0, 0.1) is 0 Å². The molecule has 0 spiro atoms. The van der Waals surface area contributed by atoms with Crippen LogP contribution in [0.4, 0.5) is 5.69 Å². The summed E-state index contributed by atoms with van der Waals surface area (Å²) in [6.45, 7) is 2.12. The van der Waals surface area contributed by atoms with Gasteiger partial charge in [-0.1, -0.05) is 12.1 Å². The molecule has 1 rings (SSSR count). The Labute approximate surface area is 108 Å². The number of amides is 1. The quantitative estimate of drug-likeness (QED) is 0.642. The smallest absolute Gasteiger partial charge is 0.220 e. The normalized spacial score (nSPS) is 12.1. The molecular weight excluding hydrogens is 228 g/mol. The SMILES string of the molecule is CC(CCCO)NC(=O)CCc1cccc(N)c1. The van der Waals surface area contributed by atoms with E-state index in [4.69, 9.17) is 10.8 Å². The van der Waals surface area contributed by atoms with Crippen molar-refractivity contribution in [3.63, 3.8) is 0 Å². The Morgan fingerprint density at radius 1 is 1.50 bits per heavy atom. The first-order chi connectivity index (χ1) is 8.61. The number of anilines is 1. The van der Waals surface area contributed by atoms with Crippen molar-refractivity contribution in [3.05, 3.63) is 29.8 Å². The van der Waals surface area contributed by atoms with Crippen molar-refractivity contribution in [2.75, 3.05) is 12.3 Å². The summed E-state index contributed by atoms with van der Waals surface area (Å²) in [5, 5.41) is 11.6. The zero-order valence-electron chi connectivity index (χ0n) is 10.9. The van der Waals surface area contributed by atoms with E-state index in [1.807, 2.05) is 31.2 Å². The number of nitrogens with one attached hydrogen (secondary N) is 1. The molecule has 1 aromatic rings. The van der Waals surface area contributed by atoms with Crippen LogP contribution in [0.15, 0.2) is 24.3 Å². The zero-order valence-corrected chi connectivity index (χ0v) is 10.9. The maximum absolute atomic E-state index is 11.7. The molecule has 4 nitrogen and oxygen atoms in total. The van der Waals surface area contributed by atoms with Crippen LogP contribution in [0.3, 0.4) is 0 Å². The third-order valence-corrected chi connectivity index (χ3v) is 2.79. The number of nitrogen functional groups attached to an aromatic ring is 1. The number of benzene rings is 1. The third-order valence-electron chi connectivity index (χ3n) is 2.79. The minimum absolute atomic E-state index is 0.0443. The van der Waals surface area contributed by atoms with Gasteiger partial charge < -0.3 is 16.2 Å². The molecule has 0 saturated carbocycles. The summed E-state index contributed by atoms with van der Waals surface area (Å²) >= 11 is 0. The first-order valence-electron chi connectivity index (χ1n) is 6.36. The van der Waals surface area contributed by atoms with Crippen molar-refractivity contribution >= 4 is 11.6 Å². The number of rotatable bonds is 7. The predicted molar refractivity (Wildman–Crippen MR) is 73.1 cm³/mol. The highest BCUT2D eigenvalue weighted by Gasteiger charge is 2.07. The second kappa shape index (κ2) is 7.71. The summed E-state index contributed by atoms with van der Waals surface area (Å²) < 4.78 is 0. The van der Waals surface area contributed by atoms with Crippen LogP contribution in [0.1, 0.15) is 31.7 Å². The van der Waals surface area contributed by atoms with Gasteiger partial charge in [-0.3, -0.25) is 4.79 Å². The zero-order chi connectivity index (χ0) is 13.4. The van der Waals surface area contributed by atoms with Crippen LogP contribution in [-0.4, -0.2) is 23.7 Å². The summed E-state index contributed by atoms with van der Waals surface area (Å²) in [5.41, 5.74) is 7.48. The van der Waals surface area contributed by atoms with Gasteiger partial charge in [-0.05, 0) is 43.9 Å². The Hall–Kier alpha value is -1.55. The molecule has 0 aliphatic heterocycles. The highest BCUT2D eigenvalue weighted by molar-refractivity contribution is 5.76. The molecule has 0 bridgehead atoms. The van der Waals surface area contributed by atoms with Crippen molar-refractivity contribution in [1.29, 1.82) is 0 Å². The van der Waals surface area contributed by atoms with Gasteiger partial charge in [-0.15, -0.1) is 0 Å². The average molecular weight is 250 g/mol. The number of aliphatic hydroxyl groups excluding tert-OH is 1. The summed E-state index contributed by atoms with van der Waals surface area (Å²) in [7, 11) is 0. The van der Waals surface area contributed by atoms with Gasteiger partial charge in [0.15, 0.2) is 0 Å². The molecule has 1 aromatic carbocycles. The molecule has 1 atom stereocenters. The van der Waals surface area contributed by atoms with Crippen LogP contribution in [-0.2, 0) is 11.2 Å². The van der Waals surface area contributed by atoms with Crippen molar-refractivity contribution in [3.8, 4) is 0 Å². The fraction of sp³-hybridized carbons (Fsp3) is 0.500. The molecule has 18 heavy (non-hydrogen) atoms. The molecule has 100 valence electrons. The lowest BCUT2D eigenvalue weighted by Crippen LogP contribution is -2.32. The lowest BCUT2D eigenvalue weighted by atomic mass is 10.1. The minimum atomic E-state index is 0.0443. The molecule has 0 radical (unpaired) electrons. The lowest BCUT2D eigenvalue weighted by molar-refractivity contribution is -0.121. The van der Waals surface area contributed by atoms with Gasteiger partial charge in [0.1, 0.15) is 0 Å². The molecule has 0 saturated heterocycles. The molecule has 0 fully saturated rings. The fourth-order valence-corrected chi connectivity index (χ4v) is 1.82. The molecule has 4 heteroatoms. The van der Waals surface area contributed by atoms with Gasteiger partial charge in [-0.2, -0.15) is 0 Å². The van der Waals surface area contributed by atoms with Crippen LogP contribution in [0.5, 0.6) is 0 Å². The van der Waals surface area contributed by atoms with E-state index in [-0.39, 0.29) is 18.6 Å². The number of aliphatic hydroxyl groups is 1. The standard InChI is InChI=1S/C14H22N2O2/c1-11(4-3-9-17)16-14(18)8-7-12-5-2-6-13(15)10-12/h2,5-6,10-11,17H,3-4,7-9,15H2,1H3,(H,16,18). The van der Waals surface area contributed by atoms with E-state index in [0.717, 1.165) is 24.1 Å². The van der Waals surface area contributed by atoms with Crippen LogP contribution in [0.2, 0.25) is 0 Å². The topological polar surface area (TPSA) is 75.3 Å². The van der Waals surface area contributed by atoms with E-state index in [0.29, 0.717) is 12.8 Å². The summed E-state index contributed by atoms with van der Waals surface area (Å²) in [6.07, 6.45) is 2.69. The van der Waals surface area contributed by atoms with Gasteiger partial charge in [0.05, 0.1) is 0 Å². The van der Waals surface area contributed by atoms with Gasteiger partial charge in [0, 0.05) is 24.8 Å². The van der Waals surface area contributed by atoms with E-state index in [1.54, 1.807) is 0 Å². The second-order valence-corrected chi connectivity index (χ2v) is 4.58. The Bertz CT molecular complexity index is 380. The third kappa shape index (κ3) is 5.68. The van der Waals surface area contributed by atoms with Crippen LogP contribution >= 0.6 is 0 Å². The number of hydrogen-bond acceptors (Lipinski definition) is 3. The average Bonchev–Trinajstić information content (AvgIpc) is 2.34. The van der Waals surface area contributed by atoms with Crippen LogP contribution in [0.25, 0.3) is 0 Å². The Kier molecular flexibility index (Phi) is 6.22. The summed E-state index contributed by atoms with van der Waals surface area (Å²) in [4.78, 5) is 11.7. The van der Waals surface area contributed by atoms with E-state index in [2.05, 4.69) is 5.32 Å². The highest BCUT2D eigenvalue weighted by atomic mass is 16.2. The minimum Gasteiger partial charge on any atom is -0.399 e. The van der Waals surface area contributed by atoms with E-state index >= 15 is 0 Å². The number of nitrogens with two attached hydrogens (primary N) is 1. The Morgan fingerprint density at radius 2 is 2.28 bits per heavy atom. The Balaban J connectivity index is 2.28. The molecule has 1 unspecified atom stereocenters. The van der Waals surface area contributed by atoms with E-state index in [1.165, 1.54) is 0 Å². The number of carbonyl (C=O) groups is 1. The molecule has 4 N–H and O–H groups in total. The second-order valence-electron chi connectivity index (χ2n) is 4.58. The number of aryl methyl sites for hydroxylation is 1. The van der Waals surface area contributed by atoms with E-state index < -0.39 is 0 Å². The Morgan fingerprint density at radius 3 is 2.94 bits per heavy atom. The maximum Gasteiger partial charge on any atom is 0.220 e. The van der Waals surface area contributed by atoms with Gasteiger partial charge >= 0.3 is 0 Å². The van der Waals surface area contributed by atoms with Crippen molar-refractivity contribution in [2.45, 2.75) is 38.6 Å². The monoisotopic (exact) mass is 250 g/mol.